The van der Waals surface area contributed by atoms with Gasteiger partial charge in [0.2, 0.25) is 0 Å². The van der Waals surface area contributed by atoms with Crippen molar-refractivity contribution < 1.29 is 31.4 Å². The highest BCUT2D eigenvalue weighted by Crippen LogP contribution is 2.42. The van der Waals surface area contributed by atoms with Crippen LogP contribution in [-0.2, 0) is 0 Å². The molecule has 0 amide bonds. The second-order valence-corrected chi connectivity index (χ2v) is 2.01. The Kier molecular flexibility index (Phi) is 2.89. The molecule has 1 nitrogen and oxygen atoms in total. The van der Waals surface area contributed by atoms with Crippen molar-refractivity contribution in [2.75, 3.05) is 0 Å². The fraction of sp³-hybridized carbons (Fsp3) is 0.500. The van der Waals surface area contributed by atoms with Crippen molar-refractivity contribution in [3.63, 3.8) is 0 Å². The van der Waals surface area contributed by atoms with Gasteiger partial charge in [0.25, 0.3) is 0 Å². The molecule has 0 bridgehead atoms. The number of hydrogen-bond acceptors (Lipinski definition) is 1. The molecule has 0 fully saturated rings. The maximum atomic E-state index is 11.7. The summed E-state index contributed by atoms with van der Waals surface area (Å²) in [4.78, 5) is 0. The Hall–Kier alpha value is -0.900. The van der Waals surface area contributed by atoms with Gasteiger partial charge in [-0.2, -0.15) is 26.3 Å². The Morgan fingerprint density at radius 3 is 1.31 bits per heavy atom. The first-order valence-corrected chi connectivity index (χ1v) is 2.71. The molecule has 0 aromatic carbocycles. The van der Waals surface area contributed by atoms with Gasteiger partial charge >= 0.3 is 18.0 Å². The van der Waals surface area contributed by atoms with Crippen molar-refractivity contribution in [1.82, 2.24) is 0 Å². The average molecular weight is 205 g/mol. The number of aliphatic hydroxyl groups is 1. The van der Waals surface area contributed by atoms with Gasteiger partial charge in [-0.3, -0.25) is 0 Å². The van der Waals surface area contributed by atoms with Crippen LogP contribution in [0.15, 0.2) is 0 Å². The molecule has 0 aromatic heterocycles. The maximum absolute atomic E-state index is 11.7. The molecule has 0 unspecified atom stereocenters. The zero-order chi connectivity index (χ0) is 10.9. The van der Waals surface area contributed by atoms with Gasteiger partial charge in [-0.1, -0.05) is 5.92 Å². The number of hydrogen-bond donors (Lipinski definition) is 1. The average Bonchev–Trinajstić information content (AvgIpc) is 1.82. The van der Waals surface area contributed by atoms with Crippen LogP contribution in [0.25, 0.3) is 0 Å². The summed E-state index contributed by atoms with van der Waals surface area (Å²) in [7, 11) is 0. The largest absolute Gasteiger partial charge is 0.438 e. The van der Waals surface area contributed by atoms with E-state index < -0.39 is 18.0 Å². The third-order valence-electron chi connectivity index (χ3n) is 1.09. The van der Waals surface area contributed by atoms with Crippen LogP contribution in [0.3, 0.4) is 0 Å². The molecule has 0 heterocycles. The third-order valence-corrected chi connectivity index (χ3v) is 1.09. The Bertz CT molecular complexity index is 225. The molecule has 0 rings (SSSR count). The minimum absolute atomic E-state index is 0.583. The molecule has 13 heavy (non-hydrogen) atoms. The van der Waals surface area contributed by atoms with Crippen LogP contribution in [-0.4, -0.2) is 23.1 Å². The lowest BCUT2D eigenvalue weighted by molar-refractivity contribution is -0.343. The van der Waals surface area contributed by atoms with Crippen LogP contribution in [0, 0.1) is 18.8 Å². The predicted molar refractivity (Wildman–Crippen MR) is 30.2 cm³/mol. The number of alkyl halides is 6. The monoisotopic (exact) mass is 205 g/mol. The highest BCUT2D eigenvalue weighted by atomic mass is 19.4. The first kappa shape index (κ1) is 12.1. The molecule has 7 heteroatoms. The van der Waals surface area contributed by atoms with Crippen molar-refractivity contribution in [2.45, 2.75) is 18.0 Å². The molecule has 0 aliphatic carbocycles. The summed E-state index contributed by atoms with van der Waals surface area (Å²) in [6, 6.07) is 0. The second kappa shape index (κ2) is 3.10. The van der Waals surface area contributed by atoms with E-state index in [9.17, 15) is 26.3 Å². The van der Waals surface area contributed by atoms with Gasteiger partial charge in [-0.15, -0.1) is 0 Å². The minimum atomic E-state index is -5.89. The first-order valence-electron chi connectivity index (χ1n) is 2.71. The fourth-order valence-corrected chi connectivity index (χ4v) is 0.430. The lowest BCUT2D eigenvalue weighted by atomic mass is 10.0. The summed E-state index contributed by atoms with van der Waals surface area (Å²) in [6.45, 7) is 2.48. The van der Waals surface area contributed by atoms with Crippen LogP contribution in [0.1, 0.15) is 0 Å². The molecule has 1 N–H and O–H groups in total. The summed E-state index contributed by atoms with van der Waals surface area (Å²) in [5, 5.41) is 8.22. The van der Waals surface area contributed by atoms with Crippen LogP contribution >= 0.6 is 0 Å². The van der Waals surface area contributed by atoms with Gasteiger partial charge in [0.15, 0.2) is 0 Å². The summed E-state index contributed by atoms with van der Waals surface area (Å²) in [5.74, 6) is 1.71. The van der Waals surface area contributed by atoms with Crippen molar-refractivity contribution >= 4 is 0 Å². The Morgan fingerprint density at radius 2 is 1.23 bits per heavy atom. The molecule has 0 aliphatic heterocycles. The number of halogens is 6. The zero-order valence-electron chi connectivity index (χ0n) is 5.92. The van der Waals surface area contributed by atoms with Crippen LogP contribution in [0.2, 0.25) is 0 Å². The van der Waals surface area contributed by atoms with E-state index in [4.69, 9.17) is 5.11 Å². The lowest BCUT2D eigenvalue weighted by Gasteiger charge is -2.27. The molecule has 0 aliphatic rings. The van der Waals surface area contributed by atoms with Crippen molar-refractivity contribution in [3.05, 3.63) is 6.92 Å². The van der Waals surface area contributed by atoms with Gasteiger partial charge in [0.1, 0.15) is 0 Å². The summed E-state index contributed by atoms with van der Waals surface area (Å²) >= 11 is 0. The van der Waals surface area contributed by atoms with Crippen molar-refractivity contribution in [3.8, 4) is 11.8 Å². The Balaban J connectivity index is 5.30. The van der Waals surface area contributed by atoms with Crippen molar-refractivity contribution in [1.29, 1.82) is 0 Å². The molecule has 0 atom stereocenters. The predicted octanol–water partition coefficient (Wildman–Crippen LogP) is 1.68. The van der Waals surface area contributed by atoms with E-state index in [1.165, 1.54) is 0 Å². The van der Waals surface area contributed by atoms with Crippen LogP contribution in [0.5, 0.6) is 0 Å². The van der Waals surface area contributed by atoms with Crippen LogP contribution in [0.4, 0.5) is 26.3 Å². The third kappa shape index (κ3) is 2.06. The Labute approximate surface area is 69.4 Å². The second-order valence-electron chi connectivity index (χ2n) is 2.01. The van der Waals surface area contributed by atoms with E-state index in [1.807, 2.05) is 0 Å². The van der Waals surface area contributed by atoms with E-state index in [1.54, 1.807) is 0 Å². The minimum Gasteiger partial charge on any atom is -0.363 e. The molecular formula is C6H3F6O. The zero-order valence-corrected chi connectivity index (χ0v) is 5.92. The molecule has 75 valence electrons. The molecular weight excluding hydrogens is 202 g/mol. The molecule has 0 saturated heterocycles. The molecule has 1 radical (unpaired) electrons. The van der Waals surface area contributed by atoms with Gasteiger partial charge in [0, 0.05) is 6.92 Å². The molecule has 0 saturated carbocycles. The van der Waals surface area contributed by atoms with E-state index in [2.05, 4.69) is 6.92 Å². The van der Waals surface area contributed by atoms with Gasteiger partial charge < -0.3 is 5.11 Å². The van der Waals surface area contributed by atoms with Gasteiger partial charge in [-0.05, 0) is 5.92 Å². The van der Waals surface area contributed by atoms with E-state index >= 15 is 0 Å². The molecule has 0 spiro atoms. The standard InChI is InChI=1S/C6H3F6O/c1-2-3-4(13,5(7,8)9)6(10,11)12/h13H,1H2. The quantitative estimate of drug-likeness (QED) is 0.471. The molecule has 0 aromatic rings. The fourth-order valence-electron chi connectivity index (χ4n) is 0.430. The summed E-state index contributed by atoms with van der Waals surface area (Å²) < 4.78 is 70.1. The van der Waals surface area contributed by atoms with Gasteiger partial charge in [0.05, 0.1) is 0 Å². The SMILES string of the molecule is [CH2]C#CC(O)(C(F)(F)F)C(F)(F)F. The highest BCUT2D eigenvalue weighted by molar-refractivity contribution is 5.21. The topological polar surface area (TPSA) is 20.2 Å². The summed E-state index contributed by atoms with van der Waals surface area (Å²) in [5.41, 5.74) is -5.00. The van der Waals surface area contributed by atoms with Crippen LogP contribution < -0.4 is 0 Å². The number of rotatable bonds is 0. The van der Waals surface area contributed by atoms with Crippen molar-refractivity contribution in [2.24, 2.45) is 0 Å². The normalized spacial score (nSPS) is 13.5. The lowest BCUT2D eigenvalue weighted by Crippen LogP contribution is -2.55. The maximum Gasteiger partial charge on any atom is 0.438 e. The van der Waals surface area contributed by atoms with Gasteiger partial charge in [-0.25, -0.2) is 0 Å². The first-order chi connectivity index (χ1) is 5.56. The summed E-state index contributed by atoms with van der Waals surface area (Å²) in [6.07, 6.45) is -11.8. The van der Waals surface area contributed by atoms with E-state index in [0.29, 0.717) is 5.92 Å². The smallest absolute Gasteiger partial charge is 0.363 e. The highest BCUT2D eigenvalue weighted by Gasteiger charge is 2.70. The van der Waals surface area contributed by atoms with E-state index in [-0.39, 0.29) is 0 Å². The van der Waals surface area contributed by atoms with E-state index in [0.717, 1.165) is 5.92 Å². The Morgan fingerprint density at radius 1 is 0.923 bits per heavy atom.